The molecule has 0 amide bonds. The van der Waals surface area contributed by atoms with Crippen molar-refractivity contribution in [2.24, 2.45) is 10.7 Å². The first kappa shape index (κ1) is 24.6. The Bertz CT molecular complexity index is 1170. The van der Waals surface area contributed by atoms with Crippen LogP contribution in [0.1, 0.15) is 18.1 Å². The summed E-state index contributed by atoms with van der Waals surface area (Å²) in [5.74, 6) is 2.21. The fourth-order valence-electron chi connectivity index (χ4n) is 4.29. The Hall–Kier alpha value is -3.54. The van der Waals surface area contributed by atoms with Gasteiger partial charge in [0.2, 0.25) is 0 Å². The lowest BCUT2D eigenvalue weighted by molar-refractivity contribution is 0.0533. The fourth-order valence-corrected chi connectivity index (χ4v) is 4.54. The first-order valence-electron chi connectivity index (χ1n) is 11.7. The van der Waals surface area contributed by atoms with Crippen LogP contribution in [-0.4, -0.2) is 72.6 Å². The van der Waals surface area contributed by atoms with Crippen LogP contribution in [0, 0.1) is 11.3 Å². The van der Waals surface area contributed by atoms with Gasteiger partial charge in [-0.3, -0.25) is 0 Å². The first-order chi connectivity index (χ1) is 17.0. The number of morpholine rings is 1. The minimum atomic E-state index is 0.118. The zero-order valence-electron chi connectivity index (χ0n) is 19.9. The predicted octanol–water partition coefficient (Wildman–Crippen LogP) is 3.32. The molecule has 182 valence electrons. The van der Waals surface area contributed by atoms with Crippen LogP contribution in [0.4, 0.5) is 5.82 Å². The Labute approximate surface area is 211 Å². The summed E-state index contributed by atoms with van der Waals surface area (Å²) >= 11 is 6.40. The van der Waals surface area contributed by atoms with E-state index in [1.165, 1.54) is 0 Å². The van der Waals surface area contributed by atoms with Crippen molar-refractivity contribution in [3.8, 4) is 6.07 Å². The highest BCUT2D eigenvalue weighted by molar-refractivity contribution is 6.32. The van der Waals surface area contributed by atoms with Gasteiger partial charge in [-0.2, -0.15) is 5.26 Å². The number of pyridine rings is 1. The van der Waals surface area contributed by atoms with E-state index in [4.69, 9.17) is 27.1 Å². The van der Waals surface area contributed by atoms with E-state index < -0.39 is 0 Å². The molecule has 9 heteroatoms. The molecule has 2 aliphatic rings. The molecule has 1 aromatic heterocycles. The number of aliphatic imine (C=N–C) groups is 1. The molecule has 0 spiro atoms. The molecule has 2 aromatic rings. The monoisotopic (exact) mass is 491 g/mol. The SMILES string of the molecule is C=C(/N=C(\C=C(/N)c1cccc(C#N)c1)N1CCN(c2ncccc2Cl)C[C@H]1C)N1CCOCC1. The number of nitrogens with two attached hydrogens (primary N) is 1. The Morgan fingerprint density at radius 2 is 2.06 bits per heavy atom. The molecule has 8 nitrogen and oxygen atoms in total. The van der Waals surface area contributed by atoms with E-state index in [1.807, 2.05) is 30.3 Å². The summed E-state index contributed by atoms with van der Waals surface area (Å²) < 4.78 is 5.47. The van der Waals surface area contributed by atoms with Crippen LogP contribution in [-0.2, 0) is 4.74 Å². The Balaban J connectivity index is 1.62. The Morgan fingerprint density at radius 3 is 2.77 bits per heavy atom. The number of piperazine rings is 1. The molecule has 3 heterocycles. The van der Waals surface area contributed by atoms with Crippen molar-refractivity contribution in [3.63, 3.8) is 0 Å². The number of rotatable bonds is 5. The van der Waals surface area contributed by atoms with Crippen molar-refractivity contribution in [2.45, 2.75) is 13.0 Å². The van der Waals surface area contributed by atoms with Gasteiger partial charge in [-0.15, -0.1) is 0 Å². The van der Waals surface area contributed by atoms with E-state index >= 15 is 0 Å². The quantitative estimate of drug-likeness (QED) is 0.506. The van der Waals surface area contributed by atoms with Crippen LogP contribution >= 0.6 is 11.6 Å². The van der Waals surface area contributed by atoms with Gasteiger partial charge >= 0.3 is 0 Å². The smallest absolute Gasteiger partial charge is 0.147 e. The number of aromatic nitrogens is 1. The van der Waals surface area contributed by atoms with Crippen molar-refractivity contribution >= 4 is 29.0 Å². The average Bonchev–Trinajstić information content (AvgIpc) is 2.89. The van der Waals surface area contributed by atoms with Crippen LogP contribution in [0.3, 0.4) is 0 Å². The zero-order chi connectivity index (χ0) is 24.8. The third-order valence-corrected chi connectivity index (χ3v) is 6.48. The Morgan fingerprint density at radius 1 is 1.26 bits per heavy atom. The average molecular weight is 492 g/mol. The number of hydrogen-bond acceptors (Lipinski definition) is 7. The molecule has 0 radical (unpaired) electrons. The maximum atomic E-state index is 9.28. The second kappa shape index (κ2) is 11.3. The largest absolute Gasteiger partial charge is 0.398 e. The highest BCUT2D eigenvalue weighted by Gasteiger charge is 2.28. The van der Waals surface area contributed by atoms with Crippen molar-refractivity contribution in [1.82, 2.24) is 14.8 Å². The summed E-state index contributed by atoms with van der Waals surface area (Å²) in [6.45, 7) is 11.4. The third kappa shape index (κ3) is 5.94. The number of hydrogen-bond donors (Lipinski definition) is 1. The molecular weight excluding hydrogens is 462 g/mol. The molecule has 35 heavy (non-hydrogen) atoms. The van der Waals surface area contributed by atoms with Crippen LogP contribution in [0.2, 0.25) is 5.02 Å². The van der Waals surface area contributed by atoms with Crippen LogP contribution in [0.5, 0.6) is 0 Å². The molecular formula is C26H30ClN7O. The molecule has 1 aromatic carbocycles. The number of amidine groups is 1. The van der Waals surface area contributed by atoms with Gasteiger partial charge in [-0.05, 0) is 36.8 Å². The topological polar surface area (TPSA) is 94.0 Å². The van der Waals surface area contributed by atoms with Crippen LogP contribution in [0.15, 0.2) is 66.1 Å². The van der Waals surface area contributed by atoms with Gasteiger partial charge in [-0.25, -0.2) is 9.98 Å². The standard InChI is InChI=1S/C26H30ClN7O/c1-19-18-33(26-23(27)7-4-8-30-26)9-10-34(19)25(31-20(2)32-11-13-35-14-12-32)16-24(29)22-6-3-5-21(15-22)17-28/h3-8,15-16,19H,2,9-14,18,29H2,1H3/b24-16-,31-25+/t19-/m1/s1. The van der Waals surface area contributed by atoms with E-state index in [2.05, 4.69) is 39.3 Å². The summed E-state index contributed by atoms with van der Waals surface area (Å²) in [6.07, 6.45) is 3.64. The maximum absolute atomic E-state index is 9.28. The van der Waals surface area contributed by atoms with Crippen molar-refractivity contribution in [2.75, 3.05) is 50.8 Å². The fraction of sp³-hybridized carbons (Fsp3) is 0.346. The number of ether oxygens (including phenoxy) is 1. The maximum Gasteiger partial charge on any atom is 0.147 e. The van der Waals surface area contributed by atoms with Gasteiger partial charge in [-0.1, -0.05) is 30.3 Å². The summed E-state index contributed by atoms with van der Waals surface area (Å²) in [4.78, 5) is 16.0. The normalized spacial score (nSPS) is 19.5. The molecule has 0 bridgehead atoms. The summed E-state index contributed by atoms with van der Waals surface area (Å²) in [5, 5.41) is 9.92. The molecule has 0 unspecified atom stereocenters. The molecule has 2 fully saturated rings. The second-order valence-corrected chi connectivity index (χ2v) is 8.98. The number of anilines is 1. The molecule has 0 aliphatic carbocycles. The van der Waals surface area contributed by atoms with Crippen molar-refractivity contribution in [3.05, 3.63) is 77.2 Å². The number of nitrogens with zero attached hydrogens (tertiary/aromatic N) is 6. The predicted molar refractivity (Wildman–Crippen MR) is 140 cm³/mol. The molecule has 2 aliphatic heterocycles. The number of nitriles is 1. The molecule has 1 atom stereocenters. The van der Waals surface area contributed by atoms with E-state index in [-0.39, 0.29) is 6.04 Å². The van der Waals surface area contributed by atoms with Gasteiger partial charge in [0.1, 0.15) is 17.5 Å². The third-order valence-electron chi connectivity index (χ3n) is 6.19. The minimum Gasteiger partial charge on any atom is -0.398 e. The highest BCUT2D eigenvalue weighted by Crippen LogP contribution is 2.26. The number of halogens is 1. The van der Waals surface area contributed by atoms with E-state index in [9.17, 15) is 5.26 Å². The second-order valence-electron chi connectivity index (χ2n) is 8.58. The lowest BCUT2D eigenvalue weighted by Crippen LogP contribution is -2.54. The lowest BCUT2D eigenvalue weighted by Gasteiger charge is -2.42. The van der Waals surface area contributed by atoms with Crippen LogP contribution in [0.25, 0.3) is 5.70 Å². The molecule has 2 N–H and O–H groups in total. The highest BCUT2D eigenvalue weighted by atomic mass is 35.5. The van der Waals surface area contributed by atoms with E-state index in [0.29, 0.717) is 41.9 Å². The summed E-state index contributed by atoms with van der Waals surface area (Å²) in [5.41, 5.74) is 8.38. The molecule has 4 rings (SSSR count). The van der Waals surface area contributed by atoms with Crippen LogP contribution < -0.4 is 10.6 Å². The lowest BCUT2D eigenvalue weighted by atomic mass is 10.1. The van der Waals surface area contributed by atoms with Gasteiger partial charge in [0.25, 0.3) is 0 Å². The zero-order valence-corrected chi connectivity index (χ0v) is 20.7. The van der Waals surface area contributed by atoms with E-state index in [1.54, 1.807) is 18.3 Å². The first-order valence-corrected chi connectivity index (χ1v) is 12.0. The molecule has 0 saturated carbocycles. The summed E-state index contributed by atoms with van der Waals surface area (Å²) in [6, 6.07) is 13.2. The van der Waals surface area contributed by atoms with Crippen molar-refractivity contribution < 1.29 is 4.74 Å². The Kier molecular flexibility index (Phi) is 7.91. The number of benzene rings is 1. The van der Waals surface area contributed by atoms with Gasteiger partial charge in [0, 0.05) is 56.7 Å². The van der Waals surface area contributed by atoms with Crippen molar-refractivity contribution in [1.29, 1.82) is 5.26 Å². The molecule has 2 saturated heterocycles. The van der Waals surface area contributed by atoms with Gasteiger partial charge in [0.05, 0.1) is 29.9 Å². The van der Waals surface area contributed by atoms with Gasteiger partial charge in [0.15, 0.2) is 0 Å². The van der Waals surface area contributed by atoms with E-state index in [0.717, 1.165) is 43.4 Å². The minimum absolute atomic E-state index is 0.118. The summed E-state index contributed by atoms with van der Waals surface area (Å²) in [7, 11) is 0. The van der Waals surface area contributed by atoms with Gasteiger partial charge < -0.3 is 25.2 Å².